The van der Waals surface area contributed by atoms with Gasteiger partial charge in [0, 0.05) is 13.1 Å². The highest BCUT2D eigenvalue weighted by Crippen LogP contribution is 2.16. The summed E-state index contributed by atoms with van der Waals surface area (Å²) < 4.78 is 13.5. The van der Waals surface area contributed by atoms with Crippen molar-refractivity contribution < 1.29 is 4.39 Å². The number of nitrogens with zero attached hydrogens (tertiary/aromatic N) is 1. The largest absolute Gasteiger partial charge is 0.370 e. The standard InChI is InChI=1S/C14H21BrFN3/c1-10(2)5-7-18-14(17)19-8-6-11-3-4-13(16)12(15)9-11/h3-4,9-10H,5-8H2,1-2H3,(H3,17,18,19). The molecule has 0 spiro atoms. The molecular weight excluding hydrogens is 309 g/mol. The highest BCUT2D eigenvalue weighted by Gasteiger charge is 2.00. The lowest BCUT2D eigenvalue weighted by Crippen LogP contribution is -2.33. The second-order valence-corrected chi connectivity index (χ2v) is 5.73. The fraction of sp³-hybridized carbons (Fsp3) is 0.500. The van der Waals surface area contributed by atoms with E-state index in [-0.39, 0.29) is 5.82 Å². The first-order valence-corrected chi connectivity index (χ1v) is 7.26. The van der Waals surface area contributed by atoms with Crippen molar-refractivity contribution in [3.63, 3.8) is 0 Å². The molecule has 3 nitrogen and oxygen atoms in total. The zero-order valence-electron chi connectivity index (χ0n) is 11.4. The molecule has 3 N–H and O–H groups in total. The van der Waals surface area contributed by atoms with Crippen LogP contribution in [0, 0.1) is 11.7 Å². The molecule has 106 valence electrons. The zero-order chi connectivity index (χ0) is 14.3. The van der Waals surface area contributed by atoms with Gasteiger partial charge in [0.15, 0.2) is 5.96 Å². The summed E-state index contributed by atoms with van der Waals surface area (Å²) in [6, 6.07) is 5.01. The maximum absolute atomic E-state index is 13.1. The molecule has 0 aliphatic rings. The summed E-state index contributed by atoms with van der Waals surface area (Å²) in [6.45, 7) is 5.75. The quantitative estimate of drug-likeness (QED) is 0.622. The summed E-state index contributed by atoms with van der Waals surface area (Å²) in [6.07, 6.45) is 1.81. The van der Waals surface area contributed by atoms with Crippen LogP contribution in [0.5, 0.6) is 0 Å². The summed E-state index contributed by atoms with van der Waals surface area (Å²) in [7, 11) is 0. The first-order valence-electron chi connectivity index (χ1n) is 6.46. The first-order chi connectivity index (χ1) is 8.99. The van der Waals surface area contributed by atoms with E-state index in [4.69, 9.17) is 5.73 Å². The van der Waals surface area contributed by atoms with Crippen LogP contribution >= 0.6 is 15.9 Å². The third-order valence-corrected chi connectivity index (χ3v) is 3.30. The van der Waals surface area contributed by atoms with Gasteiger partial charge in [-0.1, -0.05) is 19.9 Å². The topological polar surface area (TPSA) is 50.4 Å². The van der Waals surface area contributed by atoms with E-state index < -0.39 is 0 Å². The number of halogens is 2. The average Bonchev–Trinajstić information content (AvgIpc) is 2.33. The smallest absolute Gasteiger partial charge is 0.188 e. The fourth-order valence-electron chi connectivity index (χ4n) is 1.53. The first kappa shape index (κ1) is 16.0. The van der Waals surface area contributed by atoms with Gasteiger partial charge in [0.25, 0.3) is 0 Å². The third kappa shape index (κ3) is 6.57. The van der Waals surface area contributed by atoms with E-state index in [1.54, 1.807) is 12.1 Å². The summed E-state index contributed by atoms with van der Waals surface area (Å²) in [4.78, 5) is 4.24. The van der Waals surface area contributed by atoms with Crippen molar-refractivity contribution in [3.8, 4) is 0 Å². The SMILES string of the molecule is CC(C)CCN=C(N)NCCc1ccc(F)c(Br)c1. The lowest BCUT2D eigenvalue weighted by molar-refractivity contribution is 0.595. The lowest BCUT2D eigenvalue weighted by atomic mass is 10.1. The summed E-state index contributed by atoms with van der Waals surface area (Å²) in [5, 5.41) is 3.06. The molecule has 5 heteroatoms. The molecule has 0 unspecified atom stereocenters. The van der Waals surface area contributed by atoms with Crippen LogP contribution in [0.2, 0.25) is 0 Å². The fourth-order valence-corrected chi connectivity index (χ4v) is 1.96. The number of benzene rings is 1. The number of aliphatic imine (C=N–C) groups is 1. The normalized spacial score (nSPS) is 11.9. The molecule has 0 saturated heterocycles. The van der Waals surface area contributed by atoms with Crippen LogP contribution in [0.3, 0.4) is 0 Å². The minimum Gasteiger partial charge on any atom is -0.370 e. The minimum absolute atomic E-state index is 0.244. The molecule has 19 heavy (non-hydrogen) atoms. The van der Waals surface area contributed by atoms with E-state index in [1.165, 1.54) is 6.07 Å². The van der Waals surface area contributed by atoms with Gasteiger partial charge in [-0.3, -0.25) is 4.99 Å². The predicted octanol–water partition coefficient (Wildman–Crippen LogP) is 3.08. The van der Waals surface area contributed by atoms with Crippen LogP contribution in [0.4, 0.5) is 4.39 Å². The van der Waals surface area contributed by atoms with E-state index in [0.29, 0.717) is 22.9 Å². The maximum atomic E-state index is 13.1. The van der Waals surface area contributed by atoms with E-state index in [2.05, 4.69) is 40.1 Å². The van der Waals surface area contributed by atoms with Gasteiger partial charge in [0.1, 0.15) is 5.82 Å². The van der Waals surface area contributed by atoms with Gasteiger partial charge in [0.05, 0.1) is 4.47 Å². The van der Waals surface area contributed by atoms with Crippen molar-refractivity contribution in [2.45, 2.75) is 26.7 Å². The molecule has 0 aliphatic carbocycles. The predicted molar refractivity (Wildman–Crippen MR) is 81.8 cm³/mol. The Labute approximate surface area is 122 Å². The summed E-state index contributed by atoms with van der Waals surface area (Å²) >= 11 is 3.17. The van der Waals surface area contributed by atoms with E-state index in [0.717, 1.165) is 24.9 Å². The van der Waals surface area contributed by atoms with Crippen LogP contribution in [0.25, 0.3) is 0 Å². The second kappa shape index (κ2) is 8.15. The zero-order valence-corrected chi connectivity index (χ0v) is 13.0. The Bertz CT molecular complexity index is 433. The van der Waals surface area contributed by atoms with Gasteiger partial charge < -0.3 is 11.1 Å². The van der Waals surface area contributed by atoms with Crippen LogP contribution in [-0.4, -0.2) is 19.0 Å². The second-order valence-electron chi connectivity index (χ2n) is 4.87. The lowest BCUT2D eigenvalue weighted by Gasteiger charge is -2.07. The highest BCUT2D eigenvalue weighted by molar-refractivity contribution is 9.10. The molecule has 0 bridgehead atoms. The van der Waals surface area contributed by atoms with Crippen molar-refractivity contribution in [3.05, 3.63) is 34.1 Å². The molecular formula is C14H21BrFN3. The molecule has 0 heterocycles. The van der Waals surface area contributed by atoms with Gasteiger partial charge in [-0.05, 0) is 52.4 Å². The Morgan fingerprint density at radius 1 is 1.47 bits per heavy atom. The Balaban J connectivity index is 2.31. The van der Waals surface area contributed by atoms with Gasteiger partial charge in [-0.15, -0.1) is 0 Å². The molecule has 0 saturated carbocycles. The van der Waals surface area contributed by atoms with Crippen molar-refractivity contribution in [1.29, 1.82) is 0 Å². The Kier molecular flexibility index (Phi) is 6.84. The van der Waals surface area contributed by atoms with Crippen molar-refractivity contribution in [2.24, 2.45) is 16.6 Å². The summed E-state index contributed by atoms with van der Waals surface area (Å²) in [5.41, 5.74) is 6.80. The van der Waals surface area contributed by atoms with Crippen molar-refractivity contribution in [2.75, 3.05) is 13.1 Å². The molecule has 1 aromatic carbocycles. The number of nitrogens with two attached hydrogens (primary N) is 1. The number of hydrogen-bond donors (Lipinski definition) is 2. The Morgan fingerprint density at radius 2 is 2.21 bits per heavy atom. The van der Waals surface area contributed by atoms with E-state index in [1.807, 2.05) is 0 Å². The van der Waals surface area contributed by atoms with Gasteiger partial charge in [0.2, 0.25) is 0 Å². The van der Waals surface area contributed by atoms with Crippen LogP contribution in [-0.2, 0) is 6.42 Å². The minimum atomic E-state index is -0.244. The molecule has 0 fully saturated rings. The third-order valence-electron chi connectivity index (χ3n) is 2.69. The highest BCUT2D eigenvalue weighted by atomic mass is 79.9. The number of hydrogen-bond acceptors (Lipinski definition) is 1. The van der Waals surface area contributed by atoms with Crippen LogP contribution < -0.4 is 11.1 Å². The molecule has 0 aliphatic heterocycles. The average molecular weight is 330 g/mol. The van der Waals surface area contributed by atoms with Gasteiger partial charge in [-0.2, -0.15) is 0 Å². The molecule has 0 aromatic heterocycles. The Hall–Kier alpha value is -1.10. The monoisotopic (exact) mass is 329 g/mol. The number of nitrogens with one attached hydrogen (secondary N) is 1. The Morgan fingerprint density at radius 3 is 2.84 bits per heavy atom. The number of rotatable bonds is 6. The van der Waals surface area contributed by atoms with Crippen LogP contribution in [0.15, 0.2) is 27.7 Å². The maximum Gasteiger partial charge on any atom is 0.188 e. The van der Waals surface area contributed by atoms with Gasteiger partial charge >= 0.3 is 0 Å². The molecule has 0 radical (unpaired) electrons. The molecule has 0 atom stereocenters. The summed E-state index contributed by atoms with van der Waals surface area (Å²) in [5.74, 6) is 0.862. The van der Waals surface area contributed by atoms with Crippen molar-refractivity contribution >= 4 is 21.9 Å². The van der Waals surface area contributed by atoms with Crippen LogP contribution in [0.1, 0.15) is 25.8 Å². The molecule has 1 aromatic rings. The molecule has 0 amide bonds. The van der Waals surface area contributed by atoms with E-state index in [9.17, 15) is 4.39 Å². The molecule has 1 rings (SSSR count). The van der Waals surface area contributed by atoms with Crippen molar-refractivity contribution in [1.82, 2.24) is 5.32 Å². The van der Waals surface area contributed by atoms with Gasteiger partial charge in [-0.25, -0.2) is 4.39 Å². The number of guanidine groups is 1. The van der Waals surface area contributed by atoms with E-state index >= 15 is 0 Å².